The summed E-state index contributed by atoms with van der Waals surface area (Å²) in [7, 11) is 0. The van der Waals surface area contributed by atoms with Crippen LogP contribution in [0.15, 0.2) is 47.4 Å². The number of aromatic nitrogens is 5. The summed E-state index contributed by atoms with van der Waals surface area (Å²) >= 11 is 6.00. The molecule has 202 valence electrons. The number of piperidine rings is 1. The largest absolute Gasteiger partial charge is 0.490 e. The minimum absolute atomic E-state index is 0.110. The monoisotopic (exact) mass is 556 g/mol. The van der Waals surface area contributed by atoms with Crippen LogP contribution in [0.2, 0.25) is 5.02 Å². The lowest BCUT2D eigenvalue weighted by Gasteiger charge is -2.32. The number of carbonyl (C=O) groups excluding carboxylic acids is 1. The molecule has 2 saturated heterocycles. The van der Waals surface area contributed by atoms with Gasteiger partial charge in [-0.15, -0.1) is 5.10 Å². The zero-order chi connectivity index (χ0) is 27.3. The van der Waals surface area contributed by atoms with Crippen molar-refractivity contribution in [3.05, 3.63) is 69.4 Å². The summed E-state index contributed by atoms with van der Waals surface area (Å²) < 4.78 is 40.0. The van der Waals surface area contributed by atoms with Gasteiger partial charge in [-0.2, -0.15) is 13.5 Å². The molecule has 2 fully saturated rings. The number of cyclic esters (lactones) is 1. The Morgan fingerprint density at radius 2 is 2.00 bits per heavy atom. The maximum Gasteiger partial charge on any atom is 0.410 e. The van der Waals surface area contributed by atoms with Crippen LogP contribution in [0, 0.1) is 6.92 Å². The second kappa shape index (κ2) is 9.92. The van der Waals surface area contributed by atoms with Crippen molar-refractivity contribution in [2.45, 2.75) is 45.0 Å². The van der Waals surface area contributed by atoms with Crippen LogP contribution in [-0.2, 0) is 11.3 Å². The summed E-state index contributed by atoms with van der Waals surface area (Å²) in [4.78, 5) is 31.8. The van der Waals surface area contributed by atoms with E-state index in [4.69, 9.17) is 21.1 Å². The van der Waals surface area contributed by atoms with Gasteiger partial charge in [0.25, 0.3) is 5.56 Å². The van der Waals surface area contributed by atoms with Gasteiger partial charge >= 0.3 is 12.6 Å². The first-order chi connectivity index (χ1) is 18.8. The van der Waals surface area contributed by atoms with Crippen LogP contribution in [-0.4, -0.2) is 60.8 Å². The first kappa shape index (κ1) is 25.2. The number of amides is 1. The van der Waals surface area contributed by atoms with Crippen LogP contribution < -0.4 is 10.3 Å². The number of aryl methyl sites for hydroxylation is 1. The summed E-state index contributed by atoms with van der Waals surface area (Å²) in [5.74, 6) is 0.782. The van der Waals surface area contributed by atoms with Gasteiger partial charge < -0.3 is 14.4 Å². The van der Waals surface area contributed by atoms with Gasteiger partial charge in [0.1, 0.15) is 30.0 Å². The highest BCUT2D eigenvalue weighted by molar-refractivity contribution is 6.30. The van der Waals surface area contributed by atoms with E-state index in [1.54, 1.807) is 40.7 Å². The van der Waals surface area contributed by atoms with Gasteiger partial charge in [0.2, 0.25) is 0 Å². The molecule has 2 aliphatic heterocycles. The normalized spacial score (nSPS) is 19.0. The number of halogens is 3. The number of ether oxygens (including phenoxy) is 2. The Bertz CT molecular complexity index is 1620. The second-order valence-electron chi connectivity index (χ2n) is 9.59. The molecule has 0 radical (unpaired) electrons. The van der Waals surface area contributed by atoms with E-state index in [-0.39, 0.29) is 36.1 Å². The summed E-state index contributed by atoms with van der Waals surface area (Å²) in [6, 6.07) is 10.3. The zero-order valence-corrected chi connectivity index (χ0v) is 21.5. The van der Waals surface area contributed by atoms with Crippen molar-refractivity contribution >= 4 is 28.6 Å². The first-order valence-electron chi connectivity index (χ1n) is 12.4. The molecule has 0 N–H and O–H groups in total. The van der Waals surface area contributed by atoms with Gasteiger partial charge in [0, 0.05) is 30.0 Å². The highest BCUT2D eigenvalue weighted by Crippen LogP contribution is 2.35. The highest BCUT2D eigenvalue weighted by Gasteiger charge is 2.39. The van der Waals surface area contributed by atoms with Crippen molar-refractivity contribution < 1.29 is 23.0 Å². The third-order valence-electron chi connectivity index (χ3n) is 7.08. The quantitative estimate of drug-likeness (QED) is 0.346. The SMILES string of the molecule is Cc1nc2cc(-c3cn(C(F)F)nn3)c(O[C@H]3CCN4C(=O)OC[C@@H]4C3)cc2c(=O)n1Cc1ccc(Cl)cc1. The summed E-state index contributed by atoms with van der Waals surface area (Å²) in [5.41, 5.74) is 1.53. The maximum absolute atomic E-state index is 13.6. The van der Waals surface area contributed by atoms with Crippen LogP contribution in [0.25, 0.3) is 22.2 Å². The molecule has 1 amide bonds. The van der Waals surface area contributed by atoms with Gasteiger partial charge in [-0.05, 0) is 36.8 Å². The highest BCUT2D eigenvalue weighted by atomic mass is 35.5. The van der Waals surface area contributed by atoms with E-state index in [2.05, 4.69) is 15.3 Å². The van der Waals surface area contributed by atoms with E-state index in [1.807, 2.05) is 12.1 Å². The number of benzene rings is 2. The molecule has 39 heavy (non-hydrogen) atoms. The third-order valence-corrected chi connectivity index (χ3v) is 7.33. The molecule has 4 heterocycles. The van der Waals surface area contributed by atoms with Crippen molar-refractivity contribution in [1.82, 2.24) is 29.4 Å². The molecule has 10 nitrogen and oxygen atoms in total. The Morgan fingerprint density at radius 1 is 1.21 bits per heavy atom. The molecule has 13 heteroatoms. The summed E-state index contributed by atoms with van der Waals surface area (Å²) in [6.07, 6.45) is 1.56. The average Bonchev–Trinajstić information content (AvgIpc) is 3.55. The van der Waals surface area contributed by atoms with Crippen LogP contribution in [0.1, 0.15) is 30.8 Å². The number of alkyl halides is 2. The van der Waals surface area contributed by atoms with Crippen LogP contribution in [0.4, 0.5) is 13.6 Å². The van der Waals surface area contributed by atoms with Crippen molar-refractivity contribution in [3.8, 4) is 17.0 Å². The predicted octanol–water partition coefficient (Wildman–Crippen LogP) is 4.42. The molecule has 6 rings (SSSR count). The molecular formula is C26H23ClF2N6O4. The molecule has 0 saturated carbocycles. The summed E-state index contributed by atoms with van der Waals surface area (Å²) in [6.45, 7) is -0.0924. The number of nitrogens with zero attached hydrogens (tertiary/aromatic N) is 6. The number of fused-ring (bicyclic) bond motifs is 2. The Kier molecular flexibility index (Phi) is 6.42. The van der Waals surface area contributed by atoms with Crippen molar-refractivity contribution in [1.29, 1.82) is 0 Å². The Labute approximate surface area is 225 Å². The topological polar surface area (TPSA) is 104 Å². The van der Waals surface area contributed by atoms with E-state index >= 15 is 0 Å². The Balaban J connectivity index is 1.41. The van der Waals surface area contributed by atoms with Gasteiger partial charge in [0.05, 0.1) is 29.7 Å². The third kappa shape index (κ3) is 4.80. The van der Waals surface area contributed by atoms with Crippen LogP contribution in [0.5, 0.6) is 5.75 Å². The fourth-order valence-corrected chi connectivity index (χ4v) is 5.19. The maximum atomic E-state index is 13.6. The van der Waals surface area contributed by atoms with Crippen LogP contribution >= 0.6 is 11.6 Å². The summed E-state index contributed by atoms with van der Waals surface area (Å²) in [5, 5.41) is 8.34. The minimum Gasteiger partial charge on any atom is -0.490 e. The molecular weight excluding hydrogens is 534 g/mol. The number of carbonyl (C=O) groups is 1. The van der Waals surface area contributed by atoms with Gasteiger partial charge in [-0.1, -0.05) is 28.9 Å². The molecule has 2 atom stereocenters. The molecule has 0 bridgehead atoms. The average molecular weight is 557 g/mol. The standard InChI is InChI=1S/C26H23ClF2N6O4/c1-14-30-21-9-19(22-12-35(25(28)29)32-31-22)23(39-18-6-7-33-17(8-18)13-38-26(33)37)10-20(21)24(36)34(14)11-15-2-4-16(27)5-3-15/h2-5,9-10,12,17-18,25H,6-8,11,13H2,1H3/t17-,18-/m0/s1. The van der Waals surface area contributed by atoms with Gasteiger partial charge in [0.15, 0.2) is 0 Å². The van der Waals surface area contributed by atoms with Gasteiger partial charge in [-0.3, -0.25) is 9.36 Å². The van der Waals surface area contributed by atoms with E-state index in [1.165, 1.54) is 0 Å². The lowest BCUT2D eigenvalue weighted by Crippen LogP contribution is -2.44. The number of rotatable bonds is 6. The lowest BCUT2D eigenvalue weighted by atomic mass is 10.0. The molecule has 2 aromatic heterocycles. The minimum atomic E-state index is -2.86. The molecule has 0 spiro atoms. The van der Waals surface area contributed by atoms with E-state index in [0.29, 0.717) is 63.7 Å². The Hall–Kier alpha value is -4.06. The fourth-order valence-electron chi connectivity index (χ4n) is 5.06. The molecule has 0 unspecified atom stereocenters. The van der Waals surface area contributed by atoms with Crippen molar-refractivity contribution in [3.63, 3.8) is 0 Å². The number of hydrogen-bond donors (Lipinski definition) is 0. The predicted molar refractivity (Wildman–Crippen MR) is 137 cm³/mol. The van der Waals surface area contributed by atoms with Crippen LogP contribution in [0.3, 0.4) is 0 Å². The van der Waals surface area contributed by atoms with E-state index in [0.717, 1.165) is 11.8 Å². The fraction of sp³-hybridized carbons (Fsp3) is 0.346. The lowest BCUT2D eigenvalue weighted by molar-refractivity contribution is 0.0546. The van der Waals surface area contributed by atoms with E-state index < -0.39 is 6.55 Å². The second-order valence-corrected chi connectivity index (χ2v) is 10.0. The number of hydrogen-bond acceptors (Lipinski definition) is 7. The smallest absolute Gasteiger partial charge is 0.410 e. The molecule has 4 aromatic rings. The molecule has 0 aliphatic carbocycles. The zero-order valence-electron chi connectivity index (χ0n) is 20.8. The van der Waals surface area contributed by atoms with Crippen molar-refractivity contribution in [2.24, 2.45) is 0 Å². The first-order valence-corrected chi connectivity index (χ1v) is 12.7. The molecule has 2 aliphatic rings. The van der Waals surface area contributed by atoms with E-state index in [9.17, 15) is 18.4 Å². The Morgan fingerprint density at radius 3 is 2.74 bits per heavy atom. The van der Waals surface area contributed by atoms with Gasteiger partial charge in [-0.25, -0.2) is 9.78 Å². The molecule has 2 aromatic carbocycles. The van der Waals surface area contributed by atoms with Crippen molar-refractivity contribution in [2.75, 3.05) is 13.2 Å².